The minimum absolute atomic E-state index is 0.607. The molecule has 0 fully saturated rings. The standard InChI is InChI=1S/C9H16N2/c1-5-6-11-9(10-4)7-8(2)3/h5-6,8H,1,7H2,2-4H3. The molecular formula is C9H16N2. The number of rotatable bonds is 3. The van der Waals surface area contributed by atoms with Crippen molar-refractivity contribution in [2.75, 3.05) is 7.05 Å². The zero-order valence-electron chi connectivity index (χ0n) is 7.54. The maximum absolute atomic E-state index is 4.11. The zero-order valence-corrected chi connectivity index (χ0v) is 7.54. The highest BCUT2D eigenvalue weighted by Crippen LogP contribution is 2.01. The van der Waals surface area contributed by atoms with Crippen LogP contribution < -0.4 is 0 Å². The minimum atomic E-state index is 0.607. The van der Waals surface area contributed by atoms with Crippen molar-refractivity contribution in [3.8, 4) is 0 Å². The van der Waals surface area contributed by atoms with E-state index >= 15 is 0 Å². The third-order valence-corrected chi connectivity index (χ3v) is 1.18. The van der Waals surface area contributed by atoms with Crippen molar-refractivity contribution in [1.82, 2.24) is 0 Å². The van der Waals surface area contributed by atoms with Crippen LogP contribution in [-0.4, -0.2) is 19.1 Å². The first-order valence-electron chi connectivity index (χ1n) is 3.81. The molecule has 0 radical (unpaired) electrons. The molecule has 0 unspecified atom stereocenters. The third-order valence-electron chi connectivity index (χ3n) is 1.18. The topological polar surface area (TPSA) is 24.7 Å². The SMILES string of the molecule is C=CC=NC(CC(C)C)=NC. The van der Waals surface area contributed by atoms with Gasteiger partial charge in [-0.1, -0.05) is 26.5 Å². The molecule has 0 saturated heterocycles. The van der Waals surface area contributed by atoms with Crippen LogP contribution in [0.4, 0.5) is 0 Å². The number of aliphatic imine (C=N–C) groups is 2. The molecule has 0 amide bonds. The summed E-state index contributed by atoms with van der Waals surface area (Å²) in [5.41, 5.74) is 0. The molecule has 0 aromatic carbocycles. The zero-order chi connectivity index (χ0) is 8.69. The van der Waals surface area contributed by atoms with E-state index in [4.69, 9.17) is 0 Å². The largest absolute Gasteiger partial charge is 0.274 e. The second-order valence-electron chi connectivity index (χ2n) is 2.75. The van der Waals surface area contributed by atoms with Gasteiger partial charge in [-0.25, -0.2) is 4.99 Å². The van der Waals surface area contributed by atoms with E-state index in [1.165, 1.54) is 0 Å². The van der Waals surface area contributed by atoms with Crippen LogP contribution in [0.1, 0.15) is 20.3 Å². The summed E-state index contributed by atoms with van der Waals surface area (Å²) in [5, 5.41) is 0. The van der Waals surface area contributed by atoms with Crippen molar-refractivity contribution >= 4 is 12.1 Å². The van der Waals surface area contributed by atoms with Crippen LogP contribution >= 0.6 is 0 Å². The molecule has 0 aliphatic heterocycles. The Morgan fingerprint density at radius 2 is 2.18 bits per heavy atom. The Labute approximate surface area is 68.8 Å². The molecule has 0 spiro atoms. The van der Waals surface area contributed by atoms with Crippen molar-refractivity contribution in [2.24, 2.45) is 15.9 Å². The van der Waals surface area contributed by atoms with Crippen LogP contribution in [-0.2, 0) is 0 Å². The Balaban J connectivity index is 3.98. The van der Waals surface area contributed by atoms with Crippen molar-refractivity contribution in [2.45, 2.75) is 20.3 Å². The minimum Gasteiger partial charge on any atom is -0.274 e. The van der Waals surface area contributed by atoms with Crippen LogP contribution in [0.2, 0.25) is 0 Å². The molecule has 0 atom stereocenters. The lowest BCUT2D eigenvalue weighted by Crippen LogP contribution is -1.99. The van der Waals surface area contributed by atoms with Crippen molar-refractivity contribution in [3.63, 3.8) is 0 Å². The molecule has 11 heavy (non-hydrogen) atoms. The van der Waals surface area contributed by atoms with Gasteiger partial charge in [0.25, 0.3) is 0 Å². The van der Waals surface area contributed by atoms with E-state index in [1.54, 1.807) is 19.3 Å². The van der Waals surface area contributed by atoms with E-state index in [2.05, 4.69) is 30.4 Å². The van der Waals surface area contributed by atoms with E-state index in [0.29, 0.717) is 5.92 Å². The molecule has 0 aliphatic carbocycles. The van der Waals surface area contributed by atoms with Gasteiger partial charge in [-0.05, 0) is 5.92 Å². The highest BCUT2D eigenvalue weighted by molar-refractivity contribution is 5.92. The highest BCUT2D eigenvalue weighted by atomic mass is 14.9. The molecule has 2 heteroatoms. The van der Waals surface area contributed by atoms with Crippen molar-refractivity contribution < 1.29 is 0 Å². The molecule has 0 heterocycles. The van der Waals surface area contributed by atoms with Crippen molar-refractivity contribution in [3.05, 3.63) is 12.7 Å². The quantitative estimate of drug-likeness (QED) is 0.438. The van der Waals surface area contributed by atoms with Crippen LogP contribution in [0.15, 0.2) is 22.6 Å². The average Bonchev–Trinajstić information content (AvgIpc) is 1.97. The lowest BCUT2D eigenvalue weighted by Gasteiger charge is -2.01. The Hall–Kier alpha value is -0.920. The van der Waals surface area contributed by atoms with E-state index in [-0.39, 0.29) is 0 Å². The van der Waals surface area contributed by atoms with Crippen LogP contribution in [0, 0.1) is 5.92 Å². The fraction of sp³-hybridized carbons (Fsp3) is 0.556. The van der Waals surface area contributed by atoms with Crippen molar-refractivity contribution in [1.29, 1.82) is 0 Å². The molecule has 0 N–H and O–H groups in total. The van der Waals surface area contributed by atoms with Gasteiger partial charge < -0.3 is 0 Å². The van der Waals surface area contributed by atoms with Gasteiger partial charge in [-0.3, -0.25) is 4.99 Å². The normalized spacial score (nSPS) is 12.9. The monoisotopic (exact) mass is 152 g/mol. The van der Waals surface area contributed by atoms with Gasteiger partial charge in [0.2, 0.25) is 0 Å². The van der Waals surface area contributed by atoms with Gasteiger partial charge in [0.15, 0.2) is 0 Å². The maximum atomic E-state index is 4.11. The third kappa shape index (κ3) is 5.52. The molecule has 0 bridgehead atoms. The molecule has 2 nitrogen and oxygen atoms in total. The molecule has 62 valence electrons. The first kappa shape index (κ1) is 10.1. The first-order valence-corrected chi connectivity index (χ1v) is 3.81. The van der Waals surface area contributed by atoms with E-state index < -0.39 is 0 Å². The molecular weight excluding hydrogens is 136 g/mol. The number of hydrogen-bond acceptors (Lipinski definition) is 1. The molecule has 0 aromatic rings. The lowest BCUT2D eigenvalue weighted by atomic mass is 10.1. The van der Waals surface area contributed by atoms with Gasteiger partial charge in [-0.15, -0.1) is 0 Å². The van der Waals surface area contributed by atoms with E-state index in [1.807, 2.05) is 0 Å². The van der Waals surface area contributed by atoms with Gasteiger partial charge >= 0.3 is 0 Å². The molecule has 0 saturated carbocycles. The lowest BCUT2D eigenvalue weighted by molar-refractivity contribution is 0.680. The van der Waals surface area contributed by atoms with Crippen LogP contribution in [0.25, 0.3) is 0 Å². The van der Waals surface area contributed by atoms with Gasteiger partial charge in [0, 0.05) is 19.7 Å². The predicted octanol–water partition coefficient (Wildman–Crippen LogP) is 2.32. The number of nitrogens with zero attached hydrogens (tertiary/aromatic N) is 2. The Bertz CT molecular complexity index is 166. The van der Waals surface area contributed by atoms with E-state index in [9.17, 15) is 0 Å². The number of amidine groups is 1. The first-order chi connectivity index (χ1) is 5.20. The smallest absolute Gasteiger partial charge is 0.123 e. The van der Waals surface area contributed by atoms with E-state index in [0.717, 1.165) is 12.3 Å². The fourth-order valence-electron chi connectivity index (χ4n) is 0.706. The number of hydrogen-bond donors (Lipinski definition) is 0. The number of allylic oxidation sites excluding steroid dienone is 1. The Morgan fingerprint density at radius 3 is 2.55 bits per heavy atom. The summed E-state index contributed by atoms with van der Waals surface area (Å²) in [6.45, 7) is 7.84. The van der Waals surface area contributed by atoms with Gasteiger partial charge in [-0.2, -0.15) is 0 Å². The summed E-state index contributed by atoms with van der Waals surface area (Å²) >= 11 is 0. The van der Waals surface area contributed by atoms with Crippen LogP contribution in [0.3, 0.4) is 0 Å². The summed E-state index contributed by atoms with van der Waals surface area (Å²) in [7, 11) is 1.76. The van der Waals surface area contributed by atoms with Gasteiger partial charge in [0.05, 0.1) is 0 Å². The Kier molecular flexibility index (Phi) is 5.35. The molecule has 0 aliphatic rings. The Morgan fingerprint density at radius 1 is 1.55 bits per heavy atom. The maximum Gasteiger partial charge on any atom is 0.123 e. The summed E-state index contributed by atoms with van der Waals surface area (Å²) < 4.78 is 0. The summed E-state index contributed by atoms with van der Waals surface area (Å²) in [4.78, 5) is 8.14. The second kappa shape index (κ2) is 5.83. The predicted molar refractivity (Wildman–Crippen MR) is 51.5 cm³/mol. The summed E-state index contributed by atoms with van der Waals surface area (Å²) in [6, 6.07) is 0. The van der Waals surface area contributed by atoms with Gasteiger partial charge in [0.1, 0.15) is 5.84 Å². The highest BCUT2D eigenvalue weighted by Gasteiger charge is 1.97. The summed E-state index contributed by atoms with van der Waals surface area (Å²) in [6.07, 6.45) is 4.26. The fourth-order valence-corrected chi connectivity index (χ4v) is 0.706. The van der Waals surface area contributed by atoms with Crippen LogP contribution in [0.5, 0.6) is 0 Å². The summed E-state index contributed by atoms with van der Waals surface area (Å²) in [5.74, 6) is 1.50. The second-order valence-corrected chi connectivity index (χ2v) is 2.75. The average molecular weight is 152 g/mol. The molecule has 0 aromatic heterocycles. The molecule has 0 rings (SSSR count).